The minimum Gasteiger partial charge on any atom is -0.342 e. The van der Waals surface area contributed by atoms with Crippen LogP contribution in [0, 0.1) is 12.8 Å². The van der Waals surface area contributed by atoms with Crippen molar-refractivity contribution in [3.05, 3.63) is 47.4 Å². The molecule has 2 aromatic carbocycles. The van der Waals surface area contributed by atoms with E-state index in [1.54, 1.807) is 12.3 Å². The summed E-state index contributed by atoms with van der Waals surface area (Å²) in [5.74, 6) is 1.24. The molecule has 3 N–H and O–H groups in total. The number of imidazole rings is 1. The number of anilines is 3. The second-order valence-electron chi connectivity index (χ2n) is 9.13. The van der Waals surface area contributed by atoms with Gasteiger partial charge in [0.1, 0.15) is 11.3 Å². The van der Waals surface area contributed by atoms with Gasteiger partial charge >= 0.3 is 0 Å². The van der Waals surface area contributed by atoms with Crippen LogP contribution >= 0.6 is 11.6 Å². The topological polar surface area (TPSA) is 98.8 Å². The van der Waals surface area contributed by atoms with E-state index in [1.165, 1.54) is 0 Å². The summed E-state index contributed by atoms with van der Waals surface area (Å²) < 4.78 is 0. The Morgan fingerprint density at radius 3 is 2.74 bits per heavy atom. The molecule has 3 heterocycles. The van der Waals surface area contributed by atoms with Crippen molar-refractivity contribution in [2.45, 2.75) is 39.7 Å². The van der Waals surface area contributed by atoms with Gasteiger partial charge in [0.05, 0.1) is 21.7 Å². The van der Waals surface area contributed by atoms with Gasteiger partial charge in [-0.15, -0.1) is 0 Å². The van der Waals surface area contributed by atoms with Crippen molar-refractivity contribution in [1.82, 2.24) is 24.8 Å². The van der Waals surface area contributed by atoms with Gasteiger partial charge in [0, 0.05) is 29.2 Å². The molecule has 34 heavy (non-hydrogen) atoms. The van der Waals surface area contributed by atoms with Crippen LogP contribution < -0.4 is 10.6 Å². The fourth-order valence-electron chi connectivity index (χ4n) is 4.53. The van der Waals surface area contributed by atoms with Gasteiger partial charge in [-0.1, -0.05) is 23.7 Å². The van der Waals surface area contributed by atoms with Crippen LogP contribution in [0.1, 0.15) is 32.5 Å². The number of nitrogens with zero attached hydrogens (tertiary/aromatic N) is 4. The fourth-order valence-corrected chi connectivity index (χ4v) is 4.75. The van der Waals surface area contributed by atoms with E-state index in [2.05, 4.69) is 49.3 Å². The molecule has 1 aliphatic heterocycles. The number of likely N-dealkylation sites (tertiary alicyclic amines) is 1. The Morgan fingerprint density at radius 1 is 1.18 bits per heavy atom. The average molecular weight is 478 g/mol. The molecule has 0 unspecified atom stereocenters. The highest BCUT2D eigenvalue weighted by atomic mass is 35.5. The quantitative estimate of drug-likeness (QED) is 0.362. The van der Waals surface area contributed by atoms with Gasteiger partial charge in [0.2, 0.25) is 11.9 Å². The van der Waals surface area contributed by atoms with Gasteiger partial charge < -0.3 is 20.5 Å². The number of aromatic amines is 1. The third-order valence-corrected chi connectivity index (χ3v) is 6.72. The number of amides is 1. The first-order valence-electron chi connectivity index (χ1n) is 11.6. The number of aryl methyl sites for hydroxylation is 1. The number of carbonyl (C=O) groups excluding carboxylic acids is 1. The number of nitrogens with one attached hydrogen (secondary N) is 3. The Labute approximate surface area is 203 Å². The van der Waals surface area contributed by atoms with Gasteiger partial charge in [0.25, 0.3) is 0 Å². The third-order valence-electron chi connectivity index (χ3n) is 6.41. The van der Waals surface area contributed by atoms with Crippen LogP contribution in [-0.4, -0.2) is 49.9 Å². The predicted molar refractivity (Wildman–Crippen MR) is 137 cm³/mol. The maximum Gasteiger partial charge on any atom is 0.227 e. The summed E-state index contributed by atoms with van der Waals surface area (Å²) in [6.07, 6.45) is 3.45. The van der Waals surface area contributed by atoms with E-state index in [1.807, 2.05) is 31.2 Å². The molecule has 1 fully saturated rings. The number of rotatable bonds is 5. The van der Waals surface area contributed by atoms with Crippen molar-refractivity contribution in [2.75, 3.05) is 23.7 Å². The van der Waals surface area contributed by atoms with Crippen LogP contribution in [0.25, 0.3) is 21.9 Å². The first kappa shape index (κ1) is 22.6. The average Bonchev–Trinajstić information content (AvgIpc) is 3.20. The normalized spacial score (nSPS) is 15.3. The van der Waals surface area contributed by atoms with E-state index in [-0.39, 0.29) is 11.8 Å². The number of piperidine rings is 1. The summed E-state index contributed by atoms with van der Waals surface area (Å²) in [4.78, 5) is 32.4. The highest BCUT2D eigenvalue weighted by Crippen LogP contribution is 2.30. The number of carbonyl (C=O) groups is 1. The molecule has 0 bridgehead atoms. The second kappa shape index (κ2) is 9.19. The van der Waals surface area contributed by atoms with Gasteiger partial charge in [-0.05, 0) is 64.9 Å². The molecular weight excluding hydrogens is 450 g/mol. The maximum atomic E-state index is 13.1. The highest BCUT2D eigenvalue weighted by Gasteiger charge is 2.26. The van der Waals surface area contributed by atoms with Crippen molar-refractivity contribution < 1.29 is 4.79 Å². The Bertz CT molecular complexity index is 1360. The summed E-state index contributed by atoms with van der Waals surface area (Å²) in [6.45, 7) is 8.17. The van der Waals surface area contributed by atoms with Crippen LogP contribution in [-0.2, 0) is 4.79 Å². The number of hydrogen-bond donors (Lipinski definition) is 3. The summed E-state index contributed by atoms with van der Waals surface area (Å²) in [7, 11) is 0. The van der Waals surface area contributed by atoms with Crippen molar-refractivity contribution in [3.8, 4) is 0 Å². The lowest BCUT2D eigenvalue weighted by Crippen LogP contribution is -2.41. The zero-order valence-corrected chi connectivity index (χ0v) is 20.3. The smallest absolute Gasteiger partial charge is 0.227 e. The number of H-pyrrole nitrogens is 1. The van der Waals surface area contributed by atoms with Crippen LogP contribution in [0.5, 0.6) is 0 Å². The van der Waals surface area contributed by atoms with Gasteiger partial charge in [-0.2, -0.15) is 0 Å². The first-order valence-corrected chi connectivity index (χ1v) is 12.0. The molecule has 1 saturated heterocycles. The Kier molecular flexibility index (Phi) is 6.10. The van der Waals surface area contributed by atoms with Crippen LogP contribution in [0.2, 0.25) is 5.02 Å². The monoisotopic (exact) mass is 477 g/mol. The highest BCUT2D eigenvalue weighted by molar-refractivity contribution is 6.35. The number of aromatic nitrogens is 4. The number of halogens is 1. The lowest BCUT2D eigenvalue weighted by Gasteiger charge is -2.33. The molecule has 8 nitrogen and oxygen atoms in total. The molecule has 4 aromatic rings. The molecule has 176 valence electrons. The van der Waals surface area contributed by atoms with E-state index in [9.17, 15) is 4.79 Å². The molecule has 0 atom stereocenters. The molecule has 0 saturated carbocycles. The maximum absolute atomic E-state index is 13.1. The number of hydrogen-bond acceptors (Lipinski definition) is 6. The molecule has 2 aromatic heterocycles. The largest absolute Gasteiger partial charge is 0.342 e. The minimum atomic E-state index is -0.00679. The van der Waals surface area contributed by atoms with Crippen LogP contribution in [0.15, 0.2) is 36.5 Å². The summed E-state index contributed by atoms with van der Waals surface area (Å²) in [5.41, 5.74) is 3.65. The van der Waals surface area contributed by atoms with Crippen molar-refractivity contribution in [3.63, 3.8) is 0 Å². The standard InChI is InChI=1S/C25H28ClN7O/c1-14(2)33-9-7-16(8-10-33)24(34)31-21-12-18(11-20-23(21)29-15(3)28-20)30-25-27-13-17-5-4-6-19(26)22(17)32-25/h4-6,11-14,16H,7-10H2,1-3H3,(H,28,29)(H,31,34)(H,27,30,32). The summed E-state index contributed by atoms with van der Waals surface area (Å²) in [6, 6.07) is 9.92. The van der Waals surface area contributed by atoms with Crippen LogP contribution in [0.4, 0.5) is 17.3 Å². The number of fused-ring (bicyclic) bond motifs is 2. The van der Waals surface area contributed by atoms with Crippen molar-refractivity contribution in [2.24, 2.45) is 5.92 Å². The molecule has 0 spiro atoms. The van der Waals surface area contributed by atoms with E-state index in [0.29, 0.717) is 28.2 Å². The molecule has 0 aliphatic carbocycles. The van der Waals surface area contributed by atoms with Crippen molar-refractivity contribution in [1.29, 1.82) is 0 Å². The molecule has 0 radical (unpaired) electrons. The van der Waals surface area contributed by atoms with Gasteiger partial charge in [0.15, 0.2) is 0 Å². The summed E-state index contributed by atoms with van der Waals surface area (Å²) in [5, 5.41) is 7.82. The van der Waals surface area contributed by atoms with E-state index < -0.39 is 0 Å². The Morgan fingerprint density at radius 2 is 1.97 bits per heavy atom. The zero-order valence-electron chi connectivity index (χ0n) is 19.5. The second-order valence-corrected chi connectivity index (χ2v) is 9.54. The van der Waals surface area contributed by atoms with Crippen LogP contribution in [0.3, 0.4) is 0 Å². The minimum absolute atomic E-state index is 0.00679. The molecule has 1 amide bonds. The van der Waals surface area contributed by atoms with Gasteiger partial charge in [-0.25, -0.2) is 15.0 Å². The molecule has 1 aliphatic rings. The van der Waals surface area contributed by atoms with E-state index in [0.717, 1.165) is 53.9 Å². The van der Waals surface area contributed by atoms with E-state index in [4.69, 9.17) is 11.6 Å². The Hall–Kier alpha value is -3.23. The SMILES string of the molecule is Cc1nc2c(NC(=O)C3CCN(C(C)C)CC3)cc(Nc3ncc4cccc(Cl)c4n3)cc2[nH]1. The predicted octanol–water partition coefficient (Wildman–Crippen LogP) is 5.27. The molecule has 5 rings (SSSR count). The fraction of sp³-hybridized carbons (Fsp3) is 0.360. The lowest BCUT2D eigenvalue weighted by atomic mass is 9.95. The first-order chi connectivity index (χ1) is 16.4. The molecule has 9 heteroatoms. The molecular formula is C25H28ClN7O. The third kappa shape index (κ3) is 4.56. The number of para-hydroxylation sites is 1. The lowest BCUT2D eigenvalue weighted by molar-refractivity contribution is -0.121. The summed E-state index contributed by atoms with van der Waals surface area (Å²) >= 11 is 6.31. The van der Waals surface area contributed by atoms with Gasteiger partial charge in [-0.3, -0.25) is 4.79 Å². The zero-order chi connectivity index (χ0) is 23.8. The number of benzene rings is 2. The van der Waals surface area contributed by atoms with Crippen molar-refractivity contribution >= 4 is 56.8 Å². The van der Waals surface area contributed by atoms with E-state index >= 15 is 0 Å². The Balaban J connectivity index is 1.40.